The van der Waals surface area contributed by atoms with Gasteiger partial charge in [0.2, 0.25) is 5.91 Å². The summed E-state index contributed by atoms with van der Waals surface area (Å²) in [5, 5.41) is 8.18. The van der Waals surface area contributed by atoms with Gasteiger partial charge in [-0.2, -0.15) is 0 Å². The summed E-state index contributed by atoms with van der Waals surface area (Å²) in [6, 6.07) is 12.0. The summed E-state index contributed by atoms with van der Waals surface area (Å²) in [5.74, 6) is -0.0801. The van der Waals surface area contributed by atoms with Crippen molar-refractivity contribution in [1.82, 2.24) is 21.0 Å². The van der Waals surface area contributed by atoms with Gasteiger partial charge < -0.3 is 4.90 Å². The number of nitrogens with zero attached hydrogens (tertiary/aromatic N) is 3. The number of rotatable bonds is 2. The monoisotopic (exact) mass is 363 g/mol. The highest BCUT2D eigenvalue weighted by Gasteiger charge is 2.38. The number of amides is 2. The summed E-state index contributed by atoms with van der Waals surface area (Å²) < 4.78 is 0. The summed E-state index contributed by atoms with van der Waals surface area (Å²) in [5.41, 5.74) is 7.53. The van der Waals surface area contributed by atoms with Gasteiger partial charge in [-0.25, -0.2) is 0 Å². The molecule has 0 unspecified atom stereocenters. The Balaban J connectivity index is 1.41. The van der Waals surface area contributed by atoms with Crippen molar-refractivity contribution < 1.29 is 9.59 Å². The van der Waals surface area contributed by atoms with E-state index >= 15 is 0 Å². The Morgan fingerprint density at radius 2 is 1.81 bits per heavy atom. The first-order valence-electron chi connectivity index (χ1n) is 9.02. The lowest BCUT2D eigenvalue weighted by Gasteiger charge is -2.39. The number of nitrogens with one attached hydrogen (secondary N) is 2. The Kier molecular flexibility index (Phi) is 4.35. The zero-order valence-electron chi connectivity index (χ0n) is 15.1. The van der Waals surface area contributed by atoms with Crippen LogP contribution >= 0.6 is 0 Å². The second-order valence-corrected chi connectivity index (χ2v) is 6.98. The highest BCUT2D eigenvalue weighted by Crippen LogP contribution is 2.43. The number of aromatic nitrogens is 2. The first-order chi connectivity index (χ1) is 13.1. The molecule has 0 atom stereocenters. The van der Waals surface area contributed by atoms with E-state index in [1.54, 1.807) is 12.1 Å². The van der Waals surface area contributed by atoms with Crippen LogP contribution in [0.1, 0.15) is 41.4 Å². The lowest BCUT2D eigenvalue weighted by atomic mass is 9.74. The fourth-order valence-electron chi connectivity index (χ4n) is 3.83. The largest absolute Gasteiger partial charge is 0.355 e. The smallest absolute Gasteiger partial charge is 0.290 e. The average Bonchev–Trinajstić information content (AvgIpc) is 3.05. The van der Waals surface area contributed by atoms with E-state index in [0.717, 1.165) is 31.7 Å². The van der Waals surface area contributed by atoms with Crippen LogP contribution in [-0.2, 0) is 10.2 Å². The van der Waals surface area contributed by atoms with Crippen molar-refractivity contribution in [3.05, 3.63) is 59.3 Å². The quantitative estimate of drug-likeness (QED) is 0.795. The second kappa shape index (κ2) is 6.83. The summed E-state index contributed by atoms with van der Waals surface area (Å²) in [6.45, 7) is 3.08. The molecule has 0 radical (unpaired) electrons. The van der Waals surface area contributed by atoms with Gasteiger partial charge in [-0.3, -0.25) is 20.4 Å². The topological polar surface area (TPSA) is 87.2 Å². The van der Waals surface area contributed by atoms with Crippen molar-refractivity contribution in [1.29, 1.82) is 0 Å². The maximum Gasteiger partial charge on any atom is 0.290 e. The van der Waals surface area contributed by atoms with Crippen LogP contribution in [0.5, 0.6) is 0 Å². The van der Waals surface area contributed by atoms with Crippen molar-refractivity contribution in [2.24, 2.45) is 0 Å². The molecule has 1 saturated heterocycles. The molecule has 2 aliphatic rings. The third-order valence-electron chi connectivity index (χ3n) is 5.29. The van der Waals surface area contributed by atoms with Gasteiger partial charge in [0, 0.05) is 25.4 Å². The van der Waals surface area contributed by atoms with Crippen molar-refractivity contribution in [3.63, 3.8) is 0 Å². The lowest BCUT2D eigenvalue weighted by Crippen LogP contribution is -2.42. The Morgan fingerprint density at radius 3 is 2.52 bits per heavy atom. The molecule has 2 amide bonds. The fraction of sp³-hybridized carbons (Fsp3) is 0.300. The van der Waals surface area contributed by atoms with Gasteiger partial charge in [0.15, 0.2) is 11.5 Å². The predicted molar refractivity (Wildman–Crippen MR) is 102 cm³/mol. The molecule has 1 fully saturated rings. The van der Waals surface area contributed by atoms with Crippen LogP contribution in [-0.4, -0.2) is 35.1 Å². The molecule has 7 heteroatoms. The third-order valence-corrected chi connectivity index (χ3v) is 5.29. The molecular weight excluding hydrogens is 342 g/mol. The Morgan fingerprint density at radius 1 is 1.04 bits per heavy atom. The van der Waals surface area contributed by atoms with Gasteiger partial charge in [0.1, 0.15) is 0 Å². The van der Waals surface area contributed by atoms with E-state index in [4.69, 9.17) is 0 Å². The van der Waals surface area contributed by atoms with E-state index in [-0.39, 0.29) is 17.0 Å². The SMILES string of the molecule is CC(=O)NNC(=O)c1ccc(N2CCC3(C=Cc4ccccc43)CC2)nn1. The number of hydrogen-bond acceptors (Lipinski definition) is 5. The molecule has 1 aromatic heterocycles. The van der Waals surface area contributed by atoms with E-state index in [1.807, 2.05) is 0 Å². The van der Waals surface area contributed by atoms with E-state index < -0.39 is 5.91 Å². The fourth-order valence-corrected chi connectivity index (χ4v) is 3.83. The number of allylic oxidation sites excluding steroid dienone is 1. The van der Waals surface area contributed by atoms with Crippen LogP contribution in [0, 0.1) is 0 Å². The molecule has 2 N–H and O–H groups in total. The molecule has 1 aromatic carbocycles. The molecule has 1 aliphatic heterocycles. The number of carbonyl (C=O) groups is 2. The molecule has 0 saturated carbocycles. The van der Waals surface area contributed by atoms with Crippen molar-refractivity contribution in [3.8, 4) is 0 Å². The van der Waals surface area contributed by atoms with Crippen LogP contribution in [0.3, 0.4) is 0 Å². The second-order valence-electron chi connectivity index (χ2n) is 6.98. The van der Waals surface area contributed by atoms with Gasteiger partial charge in [-0.1, -0.05) is 36.4 Å². The Hall–Kier alpha value is -3.22. The van der Waals surface area contributed by atoms with Crippen molar-refractivity contribution >= 4 is 23.7 Å². The molecule has 138 valence electrons. The molecule has 2 aromatic rings. The molecular formula is C20H21N5O2. The molecule has 7 nitrogen and oxygen atoms in total. The predicted octanol–water partition coefficient (Wildman–Crippen LogP) is 1.82. The first kappa shape index (κ1) is 17.2. The van der Waals surface area contributed by atoms with Gasteiger partial charge in [-0.15, -0.1) is 10.2 Å². The molecule has 27 heavy (non-hydrogen) atoms. The number of benzene rings is 1. The summed E-state index contributed by atoms with van der Waals surface area (Å²) >= 11 is 0. The van der Waals surface area contributed by atoms with Crippen LogP contribution in [0.25, 0.3) is 6.08 Å². The maximum atomic E-state index is 11.9. The molecule has 0 bridgehead atoms. The molecule has 1 spiro atoms. The van der Waals surface area contributed by atoms with Crippen LogP contribution < -0.4 is 15.8 Å². The first-order valence-corrected chi connectivity index (χ1v) is 9.02. The Labute approximate surface area is 157 Å². The van der Waals surface area contributed by atoms with Crippen molar-refractivity contribution in [2.75, 3.05) is 18.0 Å². The molecule has 2 heterocycles. The van der Waals surface area contributed by atoms with E-state index in [2.05, 4.69) is 62.4 Å². The molecule has 1 aliphatic carbocycles. The normalized spacial score (nSPS) is 16.9. The minimum atomic E-state index is -0.491. The maximum absolute atomic E-state index is 11.9. The highest BCUT2D eigenvalue weighted by molar-refractivity contribution is 5.93. The van der Waals surface area contributed by atoms with E-state index in [9.17, 15) is 9.59 Å². The summed E-state index contributed by atoms with van der Waals surface area (Å²) in [4.78, 5) is 24.9. The van der Waals surface area contributed by atoms with E-state index in [0.29, 0.717) is 0 Å². The van der Waals surface area contributed by atoms with Gasteiger partial charge in [0.05, 0.1) is 0 Å². The molecule has 4 rings (SSSR count). The summed E-state index contributed by atoms with van der Waals surface area (Å²) in [7, 11) is 0. The minimum Gasteiger partial charge on any atom is -0.355 e. The number of carbonyl (C=O) groups excluding carboxylic acids is 2. The number of piperidine rings is 1. The zero-order chi connectivity index (χ0) is 18.9. The van der Waals surface area contributed by atoms with Crippen molar-refractivity contribution in [2.45, 2.75) is 25.2 Å². The number of hydrazine groups is 1. The highest BCUT2D eigenvalue weighted by atomic mass is 16.2. The zero-order valence-corrected chi connectivity index (χ0v) is 15.1. The summed E-state index contributed by atoms with van der Waals surface area (Å²) in [6.07, 6.45) is 6.61. The minimum absolute atomic E-state index is 0.124. The number of fused-ring (bicyclic) bond motifs is 2. The average molecular weight is 363 g/mol. The lowest BCUT2D eigenvalue weighted by molar-refractivity contribution is -0.119. The number of anilines is 1. The number of hydrogen-bond donors (Lipinski definition) is 2. The Bertz CT molecular complexity index is 899. The van der Waals surface area contributed by atoms with E-state index in [1.165, 1.54) is 18.1 Å². The van der Waals surface area contributed by atoms with Crippen LogP contribution in [0.2, 0.25) is 0 Å². The van der Waals surface area contributed by atoms with Gasteiger partial charge in [0.25, 0.3) is 5.91 Å². The van der Waals surface area contributed by atoms with Gasteiger partial charge in [-0.05, 0) is 36.1 Å². The van der Waals surface area contributed by atoms with Crippen LogP contribution in [0.15, 0.2) is 42.5 Å². The van der Waals surface area contributed by atoms with Gasteiger partial charge >= 0.3 is 0 Å². The standard InChI is InChI=1S/C20H21N5O2/c1-14(26)21-24-19(27)17-6-7-18(23-22-17)25-12-10-20(11-13-25)9-8-15-4-2-3-5-16(15)20/h2-9H,10-13H2,1H3,(H,21,26)(H,24,27). The van der Waals surface area contributed by atoms with Crippen LogP contribution in [0.4, 0.5) is 5.82 Å². The third kappa shape index (κ3) is 3.28.